The zero-order valence-electron chi connectivity index (χ0n) is 11.4. The number of carboxylic acids is 1. The predicted octanol–water partition coefficient (Wildman–Crippen LogP) is 3.22. The molecule has 0 aliphatic carbocycles. The van der Waals surface area contributed by atoms with Crippen molar-refractivity contribution < 1.29 is 19.4 Å². The highest BCUT2D eigenvalue weighted by Gasteiger charge is 2.10. The van der Waals surface area contributed by atoms with Crippen molar-refractivity contribution in [3.05, 3.63) is 29.3 Å². The van der Waals surface area contributed by atoms with Crippen LogP contribution in [0.3, 0.4) is 0 Å². The fraction of sp³-hybridized carbons (Fsp3) is 0.467. The van der Waals surface area contributed by atoms with E-state index in [4.69, 9.17) is 9.84 Å². The monoisotopic (exact) mass is 264 g/mol. The fourth-order valence-electron chi connectivity index (χ4n) is 1.79. The van der Waals surface area contributed by atoms with E-state index < -0.39 is 5.97 Å². The van der Waals surface area contributed by atoms with Crippen LogP contribution in [0.15, 0.2) is 18.2 Å². The molecule has 0 saturated heterocycles. The van der Waals surface area contributed by atoms with Gasteiger partial charge in [-0.3, -0.25) is 9.59 Å². The van der Waals surface area contributed by atoms with Crippen LogP contribution in [0.1, 0.15) is 48.5 Å². The minimum atomic E-state index is -0.868. The van der Waals surface area contributed by atoms with Gasteiger partial charge in [-0.15, -0.1) is 0 Å². The molecule has 0 unspecified atom stereocenters. The second-order valence-electron chi connectivity index (χ2n) is 4.50. The fourth-order valence-corrected chi connectivity index (χ4v) is 1.79. The first-order valence-electron chi connectivity index (χ1n) is 6.53. The molecule has 0 fully saturated rings. The normalized spacial score (nSPS) is 10.2. The Balaban J connectivity index is 2.62. The highest BCUT2D eigenvalue weighted by Crippen LogP contribution is 2.19. The lowest BCUT2D eigenvalue weighted by atomic mass is 10.0. The molecule has 0 heterocycles. The van der Waals surface area contributed by atoms with Crippen molar-refractivity contribution in [1.82, 2.24) is 0 Å². The molecule has 1 N–H and O–H groups in total. The van der Waals surface area contributed by atoms with E-state index in [-0.39, 0.29) is 18.6 Å². The van der Waals surface area contributed by atoms with Gasteiger partial charge in [0, 0.05) is 18.4 Å². The summed E-state index contributed by atoms with van der Waals surface area (Å²) in [6.45, 7) is 4.56. The first kappa shape index (κ1) is 15.2. The van der Waals surface area contributed by atoms with E-state index in [0.717, 1.165) is 17.7 Å². The molecule has 1 aromatic rings. The van der Waals surface area contributed by atoms with Crippen LogP contribution in [-0.2, 0) is 4.79 Å². The molecule has 0 amide bonds. The number of hydrogen-bond donors (Lipinski definition) is 1. The van der Waals surface area contributed by atoms with Crippen molar-refractivity contribution in [3.8, 4) is 5.75 Å². The molecule has 0 atom stereocenters. The van der Waals surface area contributed by atoms with Crippen molar-refractivity contribution in [1.29, 1.82) is 0 Å². The molecular formula is C15H20O4. The van der Waals surface area contributed by atoms with Crippen LogP contribution in [0.2, 0.25) is 0 Å². The molecule has 0 aliphatic heterocycles. The molecule has 0 radical (unpaired) electrons. The molecule has 0 aliphatic rings. The SMILES string of the molecule is CCCOc1ccc(C(=O)CCCC(=O)O)c(C)c1. The Kier molecular flexibility index (Phi) is 6.06. The summed E-state index contributed by atoms with van der Waals surface area (Å²) < 4.78 is 5.49. The number of ketones is 1. The molecule has 4 heteroatoms. The van der Waals surface area contributed by atoms with Gasteiger partial charge in [-0.2, -0.15) is 0 Å². The molecule has 4 nitrogen and oxygen atoms in total. The topological polar surface area (TPSA) is 63.6 Å². The lowest BCUT2D eigenvalue weighted by Crippen LogP contribution is -2.04. The highest BCUT2D eigenvalue weighted by molar-refractivity contribution is 5.97. The Morgan fingerprint density at radius 2 is 2.00 bits per heavy atom. The van der Waals surface area contributed by atoms with E-state index in [1.165, 1.54) is 0 Å². The number of carbonyl (C=O) groups excluding carboxylic acids is 1. The van der Waals surface area contributed by atoms with E-state index in [0.29, 0.717) is 18.6 Å². The van der Waals surface area contributed by atoms with Gasteiger partial charge in [0.05, 0.1) is 6.61 Å². The largest absolute Gasteiger partial charge is 0.494 e. The van der Waals surface area contributed by atoms with Gasteiger partial charge >= 0.3 is 5.97 Å². The Morgan fingerprint density at radius 1 is 1.26 bits per heavy atom. The van der Waals surface area contributed by atoms with Crippen LogP contribution >= 0.6 is 0 Å². The summed E-state index contributed by atoms with van der Waals surface area (Å²) >= 11 is 0. The Hall–Kier alpha value is -1.84. The molecule has 0 spiro atoms. The number of carboxylic acid groups (broad SMARTS) is 1. The standard InChI is InChI=1S/C15H20O4/c1-3-9-19-12-7-8-13(11(2)10-12)14(16)5-4-6-15(17)18/h7-8,10H,3-6,9H2,1-2H3,(H,17,18). The maximum atomic E-state index is 11.9. The van der Waals surface area contributed by atoms with Gasteiger partial charge in [0.2, 0.25) is 0 Å². The lowest BCUT2D eigenvalue weighted by Gasteiger charge is -2.09. The van der Waals surface area contributed by atoms with E-state index in [1.54, 1.807) is 12.1 Å². The van der Waals surface area contributed by atoms with Crippen LogP contribution < -0.4 is 4.74 Å². The summed E-state index contributed by atoms with van der Waals surface area (Å²) in [5.41, 5.74) is 1.52. The second-order valence-corrected chi connectivity index (χ2v) is 4.50. The molecule has 0 aromatic heterocycles. The van der Waals surface area contributed by atoms with Crippen molar-refractivity contribution in [3.63, 3.8) is 0 Å². The minimum absolute atomic E-state index is 0.0132. The van der Waals surface area contributed by atoms with Gasteiger partial charge in [-0.05, 0) is 43.5 Å². The number of ether oxygens (including phenoxy) is 1. The summed E-state index contributed by atoms with van der Waals surface area (Å²) in [6.07, 6.45) is 1.61. The average molecular weight is 264 g/mol. The number of Topliss-reactive ketones (excluding diaryl/α,β-unsaturated/α-hetero) is 1. The van der Waals surface area contributed by atoms with E-state index in [1.807, 2.05) is 19.9 Å². The molecule has 19 heavy (non-hydrogen) atoms. The van der Waals surface area contributed by atoms with Gasteiger partial charge in [-0.1, -0.05) is 6.92 Å². The van der Waals surface area contributed by atoms with Gasteiger partial charge in [0.15, 0.2) is 5.78 Å². The van der Waals surface area contributed by atoms with Crippen molar-refractivity contribution >= 4 is 11.8 Å². The number of benzene rings is 1. The third-order valence-corrected chi connectivity index (χ3v) is 2.77. The summed E-state index contributed by atoms with van der Waals surface area (Å²) in [4.78, 5) is 22.3. The Bertz CT molecular complexity index is 451. The summed E-state index contributed by atoms with van der Waals surface area (Å²) in [5.74, 6) is -0.116. The smallest absolute Gasteiger partial charge is 0.303 e. The Labute approximate surface area is 113 Å². The third-order valence-electron chi connectivity index (χ3n) is 2.77. The van der Waals surface area contributed by atoms with E-state index in [9.17, 15) is 9.59 Å². The van der Waals surface area contributed by atoms with Crippen LogP contribution in [0, 0.1) is 6.92 Å². The third kappa shape index (κ3) is 5.12. The number of hydrogen-bond acceptors (Lipinski definition) is 3. The minimum Gasteiger partial charge on any atom is -0.494 e. The van der Waals surface area contributed by atoms with Crippen LogP contribution in [-0.4, -0.2) is 23.5 Å². The molecule has 104 valence electrons. The maximum absolute atomic E-state index is 11.9. The number of aryl methyl sites for hydroxylation is 1. The Morgan fingerprint density at radius 3 is 2.58 bits per heavy atom. The number of carbonyl (C=O) groups is 2. The van der Waals surface area contributed by atoms with Crippen LogP contribution in [0.5, 0.6) is 5.75 Å². The van der Waals surface area contributed by atoms with E-state index in [2.05, 4.69) is 0 Å². The zero-order valence-corrected chi connectivity index (χ0v) is 11.4. The summed E-state index contributed by atoms with van der Waals surface area (Å²) in [5, 5.41) is 8.54. The predicted molar refractivity (Wildman–Crippen MR) is 72.8 cm³/mol. The highest BCUT2D eigenvalue weighted by atomic mass is 16.5. The average Bonchev–Trinajstić information content (AvgIpc) is 2.35. The van der Waals surface area contributed by atoms with Crippen LogP contribution in [0.4, 0.5) is 0 Å². The number of rotatable bonds is 8. The molecule has 0 saturated carbocycles. The zero-order chi connectivity index (χ0) is 14.3. The lowest BCUT2D eigenvalue weighted by molar-refractivity contribution is -0.137. The summed E-state index contributed by atoms with van der Waals surface area (Å²) in [7, 11) is 0. The van der Waals surface area contributed by atoms with E-state index >= 15 is 0 Å². The quantitative estimate of drug-likeness (QED) is 0.732. The second kappa shape index (κ2) is 7.56. The molecular weight excluding hydrogens is 244 g/mol. The van der Waals surface area contributed by atoms with Crippen molar-refractivity contribution in [2.24, 2.45) is 0 Å². The van der Waals surface area contributed by atoms with Gasteiger partial charge in [-0.25, -0.2) is 0 Å². The molecule has 1 aromatic carbocycles. The van der Waals surface area contributed by atoms with Gasteiger partial charge < -0.3 is 9.84 Å². The summed E-state index contributed by atoms with van der Waals surface area (Å²) in [6, 6.07) is 5.39. The van der Waals surface area contributed by atoms with Crippen molar-refractivity contribution in [2.75, 3.05) is 6.61 Å². The number of aliphatic carboxylic acids is 1. The first-order chi connectivity index (χ1) is 9.04. The van der Waals surface area contributed by atoms with Gasteiger partial charge in [0.1, 0.15) is 5.75 Å². The van der Waals surface area contributed by atoms with Gasteiger partial charge in [0.25, 0.3) is 0 Å². The molecule has 1 rings (SSSR count). The maximum Gasteiger partial charge on any atom is 0.303 e. The van der Waals surface area contributed by atoms with Crippen LogP contribution in [0.25, 0.3) is 0 Å². The first-order valence-corrected chi connectivity index (χ1v) is 6.53. The molecule has 0 bridgehead atoms. The van der Waals surface area contributed by atoms with Crippen molar-refractivity contribution in [2.45, 2.75) is 39.5 Å².